The summed E-state index contributed by atoms with van der Waals surface area (Å²) in [5.41, 5.74) is 3.69. The van der Waals surface area contributed by atoms with Gasteiger partial charge >= 0.3 is 6.61 Å². The zero-order valence-electron chi connectivity index (χ0n) is 16.0. The molecule has 0 aliphatic rings. The van der Waals surface area contributed by atoms with Crippen LogP contribution in [0.3, 0.4) is 0 Å². The number of halogens is 2. The van der Waals surface area contributed by atoms with Gasteiger partial charge in [-0.2, -0.15) is 8.78 Å². The van der Waals surface area contributed by atoms with Crippen LogP contribution in [-0.2, 0) is 4.79 Å². The molecule has 0 unspecified atom stereocenters. The number of amides is 1. The summed E-state index contributed by atoms with van der Waals surface area (Å²) in [6.45, 7) is -0.708. The van der Waals surface area contributed by atoms with Crippen LogP contribution in [0.2, 0.25) is 0 Å². The molecule has 3 N–H and O–H groups in total. The molecule has 0 saturated heterocycles. The predicted octanol–water partition coefficient (Wildman–Crippen LogP) is 3.89. The minimum Gasteiger partial charge on any atom is -0.435 e. The number of ether oxygens (including phenoxy) is 1. The molecule has 0 aliphatic heterocycles. The van der Waals surface area contributed by atoms with Gasteiger partial charge in [0.15, 0.2) is 6.54 Å². The summed E-state index contributed by atoms with van der Waals surface area (Å²) in [6.07, 6.45) is 0. The monoisotopic (exact) mass is 397 g/mol. The zero-order valence-corrected chi connectivity index (χ0v) is 16.0. The fourth-order valence-electron chi connectivity index (χ4n) is 3.12. The molecule has 3 aromatic rings. The molecule has 4 nitrogen and oxygen atoms in total. The number of aryl methyl sites for hydroxylation is 1. The van der Waals surface area contributed by atoms with E-state index in [2.05, 4.69) is 10.1 Å². The number of carbonyl (C=O) groups excluding carboxylic acids is 1. The second-order valence-electron chi connectivity index (χ2n) is 6.64. The maximum Gasteiger partial charge on any atom is 0.387 e. The van der Waals surface area contributed by atoms with Crippen molar-refractivity contribution in [2.45, 2.75) is 19.6 Å². The Kier molecular flexibility index (Phi) is 6.92. The number of rotatable bonds is 8. The summed E-state index contributed by atoms with van der Waals surface area (Å²) in [6, 6.07) is 23.7. The first-order chi connectivity index (χ1) is 14.0. The van der Waals surface area contributed by atoms with Gasteiger partial charge in [-0.15, -0.1) is 0 Å². The molecular weight excluding hydrogens is 374 g/mol. The summed E-state index contributed by atoms with van der Waals surface area (Å²) in [7, 11) is 0. The number of carbonyl (C=O) groups is 1. The first-order valence-corrected chi connectivity index (χ1v) is 9.31. The minimum atomic E-state index is -2.86. The molecule has 0 spiro atoms. The molecule has 29 heavy (non-hydrogen) atoms. The van der Waals surface area contributed by atoms with Gasteiger partial charge in [-0.05, 0) is 42.8 Å². The highest BCUT2D eigenvalue weighted by atomic mass is 19.3. The first-order valence-electron chi connectivity index (χ1n) is 9.31. The van der Waals surface area contributed by atoms with Crippen molar-refractivity contribution < 1.29 is 23.6 Å². The Morgan fingerprint density at radius 2 is 1.55 bits per heavy atom. The Labute approximate surface area is 168 Å². The van der Waals surface area contributed by atoms with Gasteiger partial charge in [0.05, 0.1) is 0 Å². The van der Waals surface area contributed by atoms with Gasteiger partial charge < -0.3 is 15.4 Å². The Morgan fingerprint density at radius 1 is 0.931 bits per heavy atom. The van der Waals surface area contributed by atoms with E-state index in [4.69, 9.17) is 0 Å². The summed E-state index contributed by atoms with van der Waals surface area (Å²) in [4.78, 5) is 12.5. The van der Waals surface area contributed by atoms with Gasteiger partial charge in [-0.1, -0.05) is 48.5 Å². The Morgan fingerprint density at radius 3 is 2.21 bits per heavy atom. The van der Waals surface area contributed by atoms with Crippen LogP contribution in [0.25, 0.3) is 0 Å². The van der Waals surface area contributed by atoms with Gasteiger partial charge in [0.1, 0.15) is 11.8 Å². The zero-order chi connectivity index (χ0) is 20.6. The van der Waals surface area contributed by atoms with Crippen LogP contribution in [0, 0.1) is 6.92 Å². The Hall–Kier alpha value is -3.25. The molecule has 150 valence electrons. The molecule has 6 heteroatoms. The number of nitrogens with two attached hydrogens (primary N) is 1. The predicted molar refractivity (Wildman–Crippen MR) is 108 cm³/mol. The lowest BCUT2D eigenvalue weighted by atomic mass is 9.98. The van der Waals surface area contributed by atoms with Gasteiger partial charge in [0.25, 0.3) is 5.91 Å². The molecule has 1 amide bonds. The number of para-hydroxylation sites is 1. The van der Waals surface area contributed by atoms with Crippen molar-refractivity contribution in [2.75, 3.05) is 11.9 Å². The van der Waals surface area contributed by atoms with Gasteiger partial charge in [-0.3, -0.25) is 4.79 Å². The third-order valence-electron chi connectivity index (χ3n) is 4.58. The molecule has 1 atom stereocenters. The van der Waals surface area contributed by atoms with E-state index in [0.717, 1.165) is 22.4 Å². The van der Waals surface area contributed by atoms with Crippen molar-refractivity contribution in [3.63, 3.8) is 0 Å². The van der Waals surface area contributed by atoms with Gasteiger partial charge in [0.2, 0.25) is 0 Å². The highest BCUT2D eigenvalue weighted by molar-refractivity contribution is 5.92. The number of quaternary nitrogens is 1. The summed E-state index contributed by atoms with van der Waals surface area (Å²) >= 11 is 0. The third kappa shape index (κ3) is 5.86. The number of hydrogen-bond donors (Lipinski definition) is 2. The summed E-state index contributed by atoms with van der Waals surface area (Å²) in [5.74, 6) is -0.00857. The van der Waals surface area contributed by atoms with Crippen LogP contribution >= 0.6 is 0 Å². The van der Waals surface area contributed by atoms with Crippen molar-refractivity contribution in [3.8, 4) is 5.75 Å². The van der Waals surface area contributed by atoms with Crippen LogP contribution < -0.4 is 15.4 Å². The lowest BCUT2D eigenvalue weighted by molar-refractivity contribution is -0.676. The van der Waals surface area contributed by atoms with E-state index < -0.39 is 6.61 Å². The van der Waals surface area contributed by atoms with E-state index in [1.54, 1.807) is 12.1 Å². The Balaban J connectivity index is 1.73. The van der Waals surface area contributed by atoms with E-state index in [-0.39, 0.29) is 24.2 Å². The molecule has 0 saturated carbocycles. The number of benzene rings is 3. The number of alkyl halides is 2. The van der Waals surface area contributed by atoms with Crippen molar-refractivity contribution >= 4 is 11.6 Å². The first kappa shape index (κ1) is 20.5. The maximum atomic E-state index is 12.5. The SMILES string of the molecule is Cc1ccccc1NC(=O)C[NH2+][C@@H](c1ccccc1)c1ccc(OC(F)F)cc1. The van der Waals surface area contributed by atoms with Crippen molar-refractivity contribution in [1.82, 2.24) is 0 Å². The third-order valence-corrected chi connectivity index (χ3v) is 4.58. The number of hydrogen-bond acceptors (Lipinski definition) is 2. The van der Waals surface area contributed by atoms with Crippen LogP contribution in [0.5, 0.6) is 5.75 Å². The minimum absolute atomic E-state index is 0.104. The topological polar surface area (TPSA) is 54.9 Å². The standard InChI is InChI=1S/C23H22F2N2O2/c1-16-7-5-6-10-20(16)27-21(28)15-26-22(17-8-3-2-4-9-17)18-11-13-19(14-12-18)29-23(24)25/h2-14,22-23,26H,15H2,1H3,(H,27,28)/p+1/t22-/m0/s1. The Bertz CT molecular complexity index is 931. The van der Waals surface area contributed by atoms with Crippen LogP contribution in [0.4, 0.5) is 14.5 Å². The fourth-order valence-corrected chi connectivity index (χ4v) is 3.12. The molecule has 3 aromatic carbocycles. The molecule has 0 bridgehead atoms. The number of anilines is 1. The quantitative estimate of drug-likeness (QED) is 0.606. The highest BCUT2D eigenvalue weighted by Gasteiger charge is 2.19. The molecule has 0 aromatic heterocycles. The van der Waals surface area contributed by atoms with Crippen LogP contribution in [0.15, 0.2) is 78.9 Å². The van der Waals surface area contributed by atoms with Crippen molar-refractivity contribution in [3.05, 3.63) is 95.6 Å². The van der Waals surface area contributed by atoms with E-state index >= 15 is 0 Å². The molecule has 0 heterocycles. The molecule has 3 rings (SSSR count). The average Bonchev–Trinajstić information content (AvgIpc) is 2.71. The summed E-state index contributed by atoms with van der Waals surface area (Å²) in [5, 5.41) is 4.85. The van der Waals surface area contributed by atoms with Crippen molar-refractivity contribution in [2.24, 2.45) is 0 Å². The van der Waals surface area contributed by atoms with Gasteiger partial charge in [0, 0.05) is 16.8 Å². The molecule has 0 radical (unpaired) electrons. The van der Waals surface area contributed by atoms with Crippen LogP contribution in [-0.4, -0.2) is 19.1 Å². The second kappa shape index (κ2) is 9.80. The second-order valence-corrected chi connectivity index (χ2v) is 6.64. The normalized spacial score (nSPS) is 11.9. The van der Waals surface area contributed by atoms with E-state index in [1.807, 2.05) is 66.8 Å². The van der Waals surface area contributed by atoms with E-state index in [9.17, 15) is 13.6 Å². The molecule has 0 fully saturated rings. The smallest absolute Gasteiger partial charge is 0.387 e. The van der Waals surface area contributed by atoms with Crippen molar-refractivity contribution in [1.29, 1.82) is 0 Å². The summed E-state index contributed by atoms with van der Waals surface area (Å²) < 4.78 is 29.2. The highest BCUT2D eigenvalue weighted by Crippen LogP contribution is 2.22. The lowest BCUT2D eigenvalue weighted by Crippen LogP contribution is -2.87. The van der Waals surface area contributed by atoms with Crippen LogP contribution in [0.1, 0.15) is 22.7 Å². The lowest BCUT2D eigenvalue weighted by Gasteiger charge is -2.17. The van der Waals surface area contributed by atoms with Gasteiger partial charge in [-0.25, -0.2) is 0 Å². The average molecular weight is 397 g/mol. The molecule has 0 aliphatic carbocycles. The van der Waals surface area contributed by atoms with E-state index in [0.29, 0.717) is 0 Å². The maximum absolute atomic E-state index is 12.5. The largest absolute Gasteiger partial charge is 0.435 e. The molecular formula is C23H23F2N2O2+. The number of nitrogens with one attached hydrogen (secondary N) is 1. The van der Waals surface area contributed by atoms with E-state index in [1.165, 1.54) is 12.1 Å². The fraction of sp³-hybridized carbons (Fsp3) is 0.174.